The van der Waals surface area contributed by atoms with E-state index < -0.39 is 0 Å². The summed E-state index contributed by atoms with van der Waals surface area (Å²) in [7, 11) is 0. The number of nitrogens with zero attached hydrogens (tertiary/aromatic N) is 2. The first kappa shape index (κ1) is 24.2. The van der Waals surface area contributed by atoms with Gasteiger partial charge in [0.15, 0.2) is 5.96 Å². The van der Waals surface area contributed by atoms with E-state index in [-0.39, 0.29) is 48.6 Å². The van der Waals surface area contributed by atoms with Crippen molar-refractivity contribution in [3.63, 3.8) is 0 Å². The number of hydrogen-bond donors (Lipinski definition) is 3. The fourth-order valence-corrected chi connectivity index (χ4v) is 2.65. The third-order valence-corrected chi connectivity index (χ3v) is 4.12. The van der Waals surface area contributed by atoms with Crippen LogP contribution < -0.4 is 16.0 Å². The maximum absolute atomic E-state index is 11.5. The van der Waals surface area contributed by atoms with Crippen molar-refractivity contribution in [2.24, 2.45) is 4.99 Å². The molecular formula is C19H30IN5O3. The van der Waals surface area contributed by atoms with Gasteiger partial charge in [0.2, 0.25) is 5.91 Å². The molecule has 1 fully saturated rings. The Balaban J connectivity index is 0.00000392. The summed E-state index contributed by atoms with van der Waals surface area (Å²) >= 11 is 0. The minimum absolute atomic E-state index is 0. The van der Waals surface area contributed by atoms with E-state index in [9.17, 15) is 9.59 Å². The molecule has 0 bridgehead atoms. The predicted molar refractivity (Wildman–Crippen MR) is 120 cm³/mol. The highest BCUT2D eigenvalue weighted by Crippen LogP contribution is 2.15. The Bertz CT molecular complexity index is 626. The van der Waals surface area contributed by atoms with Gasteiger partial charge in [0.1, 0.15) is 0 Å². The zero-order valence-corrected chi connectivity index (χ0v) is 18.8. The molecule has 0 saturated carbocycles. The SMILES string of the molecule is CCNC(=NCCCOC(C)c1ccccc1)NCCN1C(=O)CNC1=O.I. The van der Waals surface area contributed by atoms with Gasteiger partial charge in [0, 0.05) is 32.8 Å². The molecule has 1 aromatic carbocycles. The Labute approximate surface area is 183 Å². The first-order valence-corrected chi connectivity index (χ1v) is 9.38. The smallest absolute Gasteiger partial charge is 0.324 e. The van der Waals surface area contributed by atoms with Gasteiger partial charge in [-0.25, -0.2) is 4.79 Å². The average molecular weight is 503 g/mol. The summed E-state index contributed by atoms with van der Waals surface area (Å²) in [5.74, 6) is 0.467. The number of nitrogens with one attached hydrogen (secondary N) is 3. The molecule has 1 aliphatic rings. The van der Waals surface area contributed by atoms with Crippen LogP contribution in [0, 0.1) is 0 Å². The maximum atomic E-state index is 11.5. The summed E-state index contributed by atoms with van der Waals surface area (Å²) in [6.45, 7) is 6.85. The predicted octanol–water partition coefficient (Wildman–Crippen LogP) is 1.88. The van der Waals surface area contributed by atoms with Gasteiger partial charge in [-0.3, -0.25) is 14.7 Å². The largest absolute Gasteiger partial charge is 0.374 e. The normalized spacial score (nSPS) is 15.1. The van der Waals surface area contributed by atoms with Crippen LogP contribution in [0.25, 0.3) is 0 Å². The quantitative estimate of drug-likeness (QED) is 0.149. The number of rotatable bonds is 10. The number of guanidine groups is 1. The van der Waals surface area contributed by atoms with E-state index >= 15 is 0 Å². The fourth-order valence-electron chi connectivity index (χ4n) is 2.65. The van der Waals surface area contributed by atoms with Gasteiger partial charge in [-0.1, -0.05) is 30.3 Å². The van der Waals surface area contributed by atoms with E-state index in [2.05, 4.69) is 33.1 Å². The van der Waals surface area contributed by atoms with Gasteiger partial charge in [-0.15, -0.1) is 24.0 Å². The Morgan fingerprint density at radius 1 is 1.29 bits per heavy atom. The van der Waals surface area contributed by atoms with E-state index in [1.54, 1.807) is 0 Å². The summed E-state index contributed by atoms with van der Waals surface area (Å²) in [6, 6.07) is 9.78. The second kappa shape index (κ2) is 13.3. The number of hydrogen-bond acceptors (Lipinski definition) is 4. The maximum Gasteiger partial charge on any atom is 0.324 e. The lowest BCUT2D eigenvalue weighted by atomic mass is 10.1. The summed E-state index contributed by atoms with van der Waals surface area (Å²) in [4.78, 5) is 28.7. The van der Waals surface area contributed by atoms with Crippen molar-refractivity contribution in [3.8, 4) is 0 Å². The van der Waals surface area contributed by atoms with Gasteiger partial charge in [0.25, 0.3) is 0 Å². The fraction of sp³-hybridized carbons (Fsp3) is 0.526. The van der Waals surface area contributed by atoms with Crippen LogP contribution in [0.2, 0.25) is 0 Å². The van der Waals surface area contributed by atoms with E-state index in [0.29, 0.717) is 32.2 Å². The number of ether oxygens (including phenoxy) is 1. The van der Waals surface area contributed by atoms with Crippen molar-refractivity contribution >= 4 is 41.9 Å². The summed E-state index contributed by atoms with van der Waals surface area (Å²) < 4.78 is 5.84. The van der Waals surface area contributed by atoms with E-state index in [0.717, 1.165) is 18.5 Å². The minimum Gasteiger partial charge on any atom is -0.374 e. The lowest BCUT2D eigenvalue weighted by Gasteiger charge is -2.15. The number of imide groups is 1. The van der Waals surface area contributed by atoms with E-state index in [4.69, 9.17) is 4.74 Å². The van der Waals surface area contributed by atoms with Gasteiger partial charge in [-0.2, -0.15) is 0 Å². The van der Waals surface area contributed by atoms with Crippen LogP contribution in [0.5, 0.6) is 0 Å². The molecule has 1 unspecified atom stereocenters. The first-order chi connectivity index (χ1) is 13.1. The lowest BCUT2D eigenvalue weighted by molar-refractivity contribution is -0.124. The highest BCUT2D eigenvalue weighted by Gasteiger charge is 2.27. The van der Waals surface area contributed by atoms with Crippen molar-refractivity contribution in [1.82, 2.24) is 20.9 Å². The number of benzene rings is 1. The van der Waals surface area contributed by atoms with E-state index in [1.165, 1.54) is 4.90 Å². The highest BCUT2D eigenvalue weighted by molar-refractivity contribution is 14.0. The molecule has 1 atom stereocenters. The Kier molecular flexibility index (Phi) is 11.5. The molecule has 8 nitrogen and oxygen atoms in total. The zero-order valence-electron chi connectivity index (χ0n) is 16.4. The Hall–Kier alpha value is -1.88. The van der Waals surface area contributed by atoms with Crippen LogP contribution in [0.3, 0.4) is 0 Å². The molecule has 3 amide bonds. The molecule has 1 aromatic rings. The first-order valence-electron chi connectivity index (χ1n) is 9.38. The molecule has 0 aromatic heterocycles. The topological polar surface area (TPSA) is 95.1 Å². The monoisotopic (exact) mass is 503 g/mol. The van der Waals surface area contributed by atoms with Crippen LogP contribution in [0.15, 0.2) is 35.3 Å². The molecule has 1 saturated heterocycles. The van der Waals surface area contributed by atoms with Crippen LogP contribution in [-0.4, -0.2) is 62.1 Å². The zero-order chi connectivity index (χ0) is 19.5. The van der Waals surface area contributed by atoms with Gasteiger partial charge in [-0.05, 0) is 25.8 Å². The van der Waals surface area contributed by atoms with Crippen LogP contribution >= 0.6 is 24.0 Å². The third-order valence-electron chi connectivity index (χ3n) is 4.12. The van der Waals surface area contributed by atoms with Crippen LogP contribution in [0.4, 0.5) is 4.79 Å². The molecule has 2 rings (SSSR count). The minimum atomic E-state index is -0.339. The molecule has 3 N–H and O–H groups in total. The van der Waals surface area contributed by atoms with Crippen molar-refractivity contribution in [1.29, 1.82) is 0 Å². The molecule has 28 heavy (non-hydrogen) atoms. The van der Waals surface area contributed by atoms with Crippen molar-refractivity contribution in [2.75, 3.05) is 39.3 Å². The Morgan fingerprint density at radius 2 is 2.04 bits per heavy atom. The molecule has 9 heteroatoms. The second-order valence-corrected chi connectivity index (χ2v) is 6.17. The molecule has 0 radical (unpaired) electrons. The van der Waals surface area contributed by atoms with Crippen molar-refractivity contribution in [3.05, 3.63) is 35.9 Å². The number of urea groups is 1. The van der Waals surface area contributed by atoms with Gasteiger partial charge < -0.3 is 20.7 Å². The number of amides is 3. The number of halogens is 1. The molecule has 1 heterocycles. The molecular weight excluding hydrogens is 473 g/mol. The van der Waals surface area contributed by atoms with E-state index in [1.807, 2.05) is 32.0 Å². The van der Waals surface area contributed by atoms with Gasteiger partial charge >= 0.3 is 6.03 Å². The van der Waals surface area contributed by atoms with Crippen LogP contribution in [0.1, 0.15) is 31.9 Å². The van der Waals surface area contributed by atoms with Crippen LogP contribution in [-0.2, 0) is 9.53 Å². The summed E-state index contributed by atoms with van der Waals surface area (Å²) in [5, 5.41) is 8.79. The van der Waals surface area contributed by atoms with Crippen molar-refractivity contribution in [2.45, 2.75) is 26.4 Å². The average Bonchev–Trinajstić information content (AvgIpc) is 3.00. The third kappa shape index (κ3) is 8.01. The Morgan fingerprint density at radius 3 is 2.68 bits per heavy atom. The standard InChI is InChI=1S/C19H29N5O3.HI/c1-3-20-18(22-11-12-24-17(25)14-23-19(24)26)21-10-7-13-27-15(2)16-8-5-4-6-9-16;/h4-6,8-9,15H,3,7,10-14H2,1-2H3,(H,23,26)(H2,20,21,22);1H. The molecule has 156 valence electrons. The summed E-state index contributed by atoms with van der Waals surface area (Å²) in [5.41, 5.74) is 1.16. The number of carbonyl (C=O) groups excluding carboxylic acids is 2. The number of aliphatic imine (C=N–C) groups is 1. The van der Waals surface area contributed by atoms with Crippen molar-refractivity contribution < 1.29 is 14.3 Å². The summed E-state index contributed by atoms with van der Waals surface area (Å²) in [6.07, 6.45) is 0.867. The highest BCUT2D eigenvalue weighted by atomic mass is 127. The molecule has 0 spiro atoms. The molecule has 1 aliphatic heterocycles. The molecule has 0 aliphatic carbocycles. The van der Waals surface area contributed by atoms with Gasteiger partial charge in [0.05, 0.1) is 12.6 Å². The second-order valence-electron chi connectivity index (χ2n) is 6.17. The number of carbonyl (C=O) groups is 2. The lowest BCUT2D eigenvalue weighted by Crippen LogP contribution is -2.43.